The molecule has 2 heterocycles. The Morgan fingerprint density at radius 3 is 2.46 bits per heavy atom. The molecule has 0 atom stereocenters. The van der Waals surface area contributed by atoms with Crippen LogP contribution in [0.4, 0.5) is 0 Å². The van der Waals surface area contributed by atoms with Gasteiger partial charge in [-0.3, -0.25) is 9.59 Å². The molecule has 1 N–H and O–H groups in total. The second-order valence-corrected chi connectivity index (χ2v) is 9.59. The Labute approximate surface area is 208 Å². The van der Waals surface area contributed by atoms with E-state index in [1.807, 2.05) is 49.4 Å². The SMILES string of the molecule is Cc1ccccc1C(=O)NCCCCCc1nc2ccccc2n1CCC(=O)N1CCCCCC1. The fourth-order valence-corrected chi connectivity index (χ4v) is 4.96. The summed E-state index contributed by atoms with van der Waals surface area (Å²) in [6.45, 7) is 5.11. The lowest BCUT2D eigenvalue weighted by molar-refractivity contribution is -0.131. The molecule has 3 aromatic rings. The molecule has 1 fully saturated rings. The molecule has 1 aliphatic rings. The third kappa shape index (κ3) is 6.71. The van der Waals surface area contributed by atoms with Crippen LogP contribution in [0.2, 0.25) is 0 Å². The number of nitrogens with zero attached hydrogens (tertiary/aromatic N) is 3. The van der Waals surface area contributed by atoms with Crippen molar-refractivity contribution >= 4 is 22.8 Å². The number of hydrogen-bond donors (Lipinski definition) is 1. The molecule has 0 bridgehead atoms. The molecule has 6 heteroatoms. The highest BCUT2D eigenvalue weighted by Crippen LogP contribution is 2.19. The highest BCUT2D eigenvalue weighted by molar-refractivity contribution is 5.95. The number of carbonyl (C=O) groups excluding carboxylic acids is 2. The molecule has 1 aliphatic heterocycles. The van der Waals surface area contributed by atoms with E-state index in [0.29, 0.717) is 19.5 Å². The summed E-state index contributed by atoms with van der Waals surface area (Å²) in [7, 11) is 0. The van der Waals surface area contributed by atoms with Gasteiger partial charge in [-0.2, -0.15) is 0 Å². The molecule has 2 amide bonds. The number of imidazole rings is 1. The van der Waals surface area contributed by atoms with Crippen molar-refractivity contribution in [2.45, 2.75) is 71.3 Å². The highest BCUT2D eigenvalue weighted by atomic mass is 16.2. The van der Waals surface area contributed by atoms with Crippen molar-refractivity contribution in [1.82, 2.24) is 19.8 Å². The zero-order valence-electron chi connectivity index (χ0n) is 21.0. The van der Waals surface area contributed by atoms with Gasteiger partial charge in [0.15, 0.2) is 0 Å². The van der Waals surface area contributed by atoms with Crippen molar-refractivity contribution in [1.29, 1.82) is 0 Å². The number of nitrogens with one attached hydrogen (secondary N) is 1. The molecular weight excluding hydrogens is 436 g/mol. The number of para-hydroxylation sites is 2. The maximum absolute atomic E-state index is 12.9. The largest absolute Gasteiger partial charge is 0.352 e. The van der Waals surface area contributed by atoms with Gasteiger partial charge in [-0.1, -0.05) is 49.6 Å². The van der Waals surface area contributed by atoms with Gasteiger partial charge in [0.25, 0.3) is 5.91 Å². The highest BCUT2D eigenvalue weighted by Gasteiger charge is 2.17. The van der Waals surface area contributed by atoms with Gasteiger partial charge in [0, 0.05) is 44.6 Å². The normalized spacial score (nSPS) is 14.1. The standard InChI is InChI=1S/C29H38N4O2/c1-23-13-6-7-14-24(23)29(35)30-19-10-4-5-17-27-31-25-15-8-9-16-26(25)33(27)22-18-28(34)32-20-11-2-3-12-21-32/h6-9,13-16H,2-5,10-12,17-22H2,1H3,(H,30,35). The number of aromatic nitrogens is 2. The molecular formula is C29H38N4O2. The van der Waals surface area contributed by atoms with Gasteiger partial charge in [0.2, 0.25) is 5.91 Å². The van der Waals surface area contributed by atoms with Crippen LogP contribution in [0.5, 0.6) is 0 Å². The summed E-state index contributed by atoms with van der Waals surface area (Å²) in [4.78, 5) is 32.2. The lowest BCUT2D eigenvalue weighted by atomic mass is 10.1. The summed E-state index contributed by atoms with van der Waals surface area (Å²) in [5, 5.41) is 3.04. The summed E-state index contributed by atoms with van der Waals surface area (Å²) in [6, 6.07) is 15.9. The van der Waals surface area contributed by atoms with Gasteiger partial charge in [-0.25, -0.2) is 4.98 Å². The molecule has 4 rings (SSSR count). The summed E-state index contributed by atoms with van der Waals surface area (Å²) < 4.78 is 2.24. The van der Waals surface area contributed by atoms with Crippen LogP contribution in [-0.2, 0) is 17.8 Å². The molecule has 0 radical (unpaired) electrons. The van der Waals surface area contributed by atoms with Crippen molar-refractivity contribution in [3.05, 3.63) is 65.5 Å². The zero-order chi connectivity index (χ0) is 24.5. The first-order valence-electron chi connectivity index (χ1n) is 13.2. The first-order chi connectivity index (χ1) is 17.1. The average molecular weight is 475 g/mol. The molecule has 0 spiro atoms. The number of aryl methyl sites for hydroxylation is 3. The topological polar surface area (TPSA) is 67.2 Å². The zero-order valence-corrected chi connectivity index (χ0v) is 21.0. The number of fused-ring (bicyclic) bond motifs is 1. The van der Waals surface area contributed by atoms with Crippen molar-refractivity contribution < 1.29 is 9.59 Å². The van der Waals surface area contributed by atoms with E-state index in [1.165, 1.54) is 12.8 Å². The van der Waals surface area contributed by atoms with Gasteiger partial charge in [-0.05, 0) is 56.4 Å². The maximum Gasteiger partial charge on any atom is 0.251 e. The Bertz CT molecular complexity index is 1130. The minimum absolute atomic E-state index is 0.000955. The Hall–Kier alpha value is -3.15. The van der Waals surface area contributed by atoms with Crippen LogP contribution in [0.15, 0.2) is 48.5 Å². The Kier molecular flexibility index (Phi) is 8.93. The molecule has 2 aromatic carbocycles. The second kappa shape index (κ2) is 12.5. The summed E-state index contributed by atoms with van der Waals surface area (Å²) in [5.41, 5.74) is 3.85. The van der Waals surface area contributed by atoms with E-state index in [2.05, 4.69) is 20.9 Å². The number of carbonyl (C=O) groups is 2. The van der Waals surface area contributed by atoms with E-state index in [-0.39, 0.29) is 11.8 Å². The fourth-order valence-electron chi connectivity index (χ4n) is 4.96. The summed E-state index contributed by atoms with van der Waals surface area (Å²) in [5.74, 6) is 1.32. The van der Waals surface area contributed by atoms with Crippen molar-refractivity contribution in [2.75, 3.05) is 19.6 Å². The van der Waals surface area contributed by atoms with Crippen LogP contribution >= 0.6 is 0 Å². The minimum atomic E-state index is -0.000955. The molecule has 186 valence electrons. The first kappa shape index (κ1) is 25.0. The van der Waals surface area contributed by atoms with Gasteiger partial charge in [0.05, 0.1) is 11.0 Å². The van der Waals surface area contributed by atoms with Crippen LogP contribution < -0.4 is 5.32 Å². The van der Waals surface area contributed by atoms with Crippen molar-refractivity contribution in [3.8, 4) is 0 Å². The lowest BCUT2D eigenvalue weighted by Gasteiger charge is -2.20. The monoisotopic (exact) mass is 474 g/mol. The fraction of sp³-hybridized carbons (Fsp3) is 0.483. The van der Waals surface area contributed by atoms with Gasteiger partial charge in [0.1, 0.15) is 5.82 Å². The molecule has 6 nitrogen and oxygen atoms in total. The molecule has 35 heavy (non-hydrogen) atoms. The average Bonchev–Trinajstić information content (AvgIpc) is 3.02. The van der Waals surface area contributed by atoms with E-state index in [9.17, 15) is 9.59 Å². The van der Waals surface area contributed by atoms with Crippen LogP contribution in [0, 0.1) is 6.92 Å². The third-order valence-electron chi connectivity index (χ3n) is 6.99. The molecule has 1 aromatic heterocycles. The quantitative estimate of drug-likeness (QED) is 0.407. The second-order valence-electron chi connectivity index (χ2n) is 9.59. The third-order valence-corrected chi connectivity index (χ3v) is 6.99. The lowest BCUT2D eigenvalue weighted by Crippen LogP contribution is -2.32. The predicted octanol–water partition coefficient (Wildman–Crippen LogP) is 5.28. The van der Waals surface area contributed by atoms with E-state index >= 15 is 0 Å². The van der Waals surface area contributed by atoms with Crippen LogP contribution in [-0.4, -0.2) is 45.9 Å². The van der Waals surface area contributed by atoms with E-state index < -0.39 is 0 Å². The van der Waals surface area contributed by atoms with E-state index in [4.69, 9.17) is 4.98 Å². The van der Waals surface area contributed by atoms with Gasteiger partial charge >= 0.3 is 0 Å². The van der Waals surface area contributed by atoms with Gasteiger partial charge in [-0.15, -0.1) is 0 Å². The smallest absolute Gasteiger partial charge is 0.251 e. The first-order valence-corrected chi connectivity index (χ1v) is 13.2. The number of amides is 2. The van der Waals surface area contributed by atoms with E-state index in [0.717, 1.165) is 79.6 Å². The van der Waals surface area contributed by atoms with Crippen molar-refractivity contribution in [2.24, 2.45) is 0 Å². The number of benzene rings is 2. The Morgan fingerprint density at radius 2 is 1.66 bits per heavy atom. The van der Waals surface area contributed by atoms with Crippen molar-refractivity contribution in [3.63, 3.8) is 0 Å². The molecule has 0 saturated carbocycles. The Morgan fingerprint density at radius 1 is 0.914 bits per heavy atom. The van der Waals surface area contributed by atoms with Gasteiger partial charge < -0.3 is 14.8 Å². The van der Waals surface area contributed by atoms with Crippen LogP contribution in [0.1, 0.15) is 73.1 Å². The molecule has 0 unspecified atom stereocenters. The molecule has 1 saturated heterocycles. The number of rotatable bonds is 10. The van der Waals surface area contributed by atoms with E-state index in [1.54, 1.807) is 0 Å². The number of hydrogen-bond acceptors (Lipinski definition) is 3. The maximum atomic E-state index is 12.9. The van der Waals surface area contributed by atoms with Crippen LogP contribution in [0.3, 0.4) is 0 Å². The summed E-state index contributed by atoms with van der Waals surface area (Å²) >= 11 is 0. The predicted molar refractivity (Wildman–Crippen MR) is 140 cm³/mol. The number of likely N-dealkylation sites (tertiary alicyclic amines) is 1. The number of unbranched alkanes of at least 4 members (excludes halogenated alkanes) is 2. The van der Waals surface area contributed by atoms with Crippen LogP contribution in [0.25, 0.3) is 11.0 Å². The summed E-state index contributed by atoms with van der Waals surface area (Å²) in [6.07, 6.45) is 9.06. The Balaban J connectivity index is 1.28. The molecule has 0 aliphatic carbocycles. The minimum Gasteiger partial charge on any atom is -0.352 e.